The Morgan fingerprint density at radius 2 is 1.64 bits per heavy atom. The minimum Gasteiger partial charge on any atom is -0.465 e. The summed E-state index contributed by atoms with van der Waals surface area (Å²) in [4.78, 5) is 14.1. The van der Waals surface area contributed by atoms with E-state index >= 15 is 0 Å². The summed E-state index contributed by atoms with van der Waals surface area (Å²) in [6.45, 7) is 13.5. The van der Waals surface area contributed by atoms with E-state index in [1.54, 1.807) is 0 Å². The highest BCUT2D eigenvalue weighted by Gasteiger charge is 2.46. The lowest BCUT2D eigenvalue weighted by atomic mass is 9.84. The third-order valence-electron chi connectivity index (χ3n) is 5.88. The smallest absolute Gasteiger partial charge is 0.337 e. The van der Waals surface area contributed by atoms with Gasteiger partial charge in [0.15, 0.2) is 8.32 Å². The molecule has 1 aliphatic rings. The van der Waals surface area contributed by atoms with Crippen LogP contribution >= 0.6 is 0 Å². The first kappa shape index (κ1) is 20.1. The zero-order valence-corrected chi connectivity index (χ0v) is 17.8. The molecule has 25 heavy (non-hydrogen) atoms. The largest absolute Gasteiger partial charge is 0.465 e. The molecule has 0 amide bonds. The van der Waals surface area contributed by atoms with Gasteiger partial charge in [0.1, 0.15) is 0 Å². The van der Waals surface area contributed by atoms with E-state index in [0.29, 0.717) is 5.56 Å². The van der Waals surface area contributed by atoms with Crippen molar-refractivity contribution >= 4 is 14.3 Å². The lowest BCUT2D eigenvalue weighted by molar-refractivity contribution is -0.00836. The summed E-state index contributed by atoms with van der Waals surface area (Å²) in [6, 6.07) is 7.81. The second-order valence-electron chi connectivity index (χ2n) is 8.73. The molecule has 0 aliphatic carbocycles. The highest BCUT2D eigenvalue weighted by atomic mass is 28.4. The first-order chi connectivity index (χ1) is 11.5. The predicted octanol–water partition coefficient (Wildman–Crippen LogP) is 4.42. The first-order valence-corrected chi connectivity index (χ1v) is 12.0. The van der Waals surface area contributed by atoms with E-state index in [9.17, 15) is 4.79 Å². The van der Waals surface area contributed by atoms with Gasteiger partial charge in [-0.25, -0.2) is 4.79 Å². The lowest BCUT2D eigenvalue weighted by Gasteiger charge is -2.49. The molecular weight excluding hydrogens is 330 g/mol. The third-order valence-corrected chi connectivity index (χ3v) is 10.4. The van der Waals surface area contributed by atoms with Crippen molar-refractivity contribution in [3.8, 4) is 0 Å². The van der Waals surface area contributed by atoms with Crippen molar-refractivity contribution in [1.82, 2.24) is 4.90 Å². The Kier molecular flexibility index (Phi) is 5.81. The number of piperidine rings is 1. The number of carbonyl (C=O) groups excluding carboxylic acids is 1. The second kappa shape index (κ2) is 7.21. The predicted molar refractivity (Wildman–Crippen MR) is 104 cm³/mol. The van der Waals surface area contributed by atoms with Crippen molar-refractivity contribution in [3.05, 3.63) is 35.4 Å². The van der Waals surface area contributed by atoms with Gasteiger partial charge >= 0.3 is 5.97 Å². The quantitative estimate of drug-likeness (QED) is 0.586. The minimum atomic E-state index is -1.92. The fourth-order valence-corrected chi connectivity index (χ4v) is 4.70. The first-order valence-electron chi connectivity index (χ1n) is 9.08. The van der Waals surface area contributed by atoms with Gasteiger partial charge in [-0.05, 0) is 55.7 Å². The zero-order chi connectivity index (χ0) is 18.9. The molecule has 0 atom stereocenters. The molecular formula is C20H33NO3Si. The monoisotopic (exact) mass is 363 g/mol. The summed E-state index contributed by atoms with van der Waals surface area (Å²) < 4.78 is 11.8. The van der Waals surface area contributed by atoms with Gasteiger partial charge in [0.05, 0.1) is 18.3 Å². The average Bonchev–Trinajstić information content (AvgIpc) is 2.55. The third kappa shape index (κ3) is 4.33. The van der Waals surface area contributed by atoms with Crippen LogP contribution in [0.15, 0.2) is 24.3 Å². The molecule has 5 heteroatoms. The molecule has 1 aliphatic heterocycles. The Labute approximate surface area is 153 Å². The maximum Gasteiger partial charge on any atom is 0.337 e. The molecule has 0 unspecified atom stereocenters. The van der Waals surface area contributed by atoms with Gasteiger partial charge in [-0.15, -0.1) is 0 Å². The molecule has 1 aromatic rings. The molecule has 0 N–H and O–H groups in total. The van der Waals surface area contributed by atoms with Crippen LogP contribution in [0.25, 0.3) is 0 Å². The molecule has 1 heterocycles. The number of rotatable bonds is 4. The molecule has 140 valence electrons. The fraction of sp³-hybridized carbons (Fsp3) is 0.650. The van der Waals surface area contributed by atoms with Gasteiger partial charge in [-0.2, -0.15) is 0 Å². The summed E-state index contributed by atoms with van der Waals surface area (Å²) in [6.07, 6.45) is 1.96. The van der Waals surface area contributed by atoms with Gasteiger partial charge in [0.2, 0.25) is 0 Å². The van der Waals surface area contributed by atoms with E-state index in [4.69, 9.17) is 9.16 Å². The van der Waals surface area contributed by atoms with Crippen LogP contribution < -0.4 is 0 Å². The molecule has 1 fully saturated rings. The van der Waals surface area contributed by atoms with E-state index in [1.165, 1.54) is 12.7 Å². The number of likely N-dealkylation sites (tertiary alicyclic amines) is 1. The van der Waals surface area contributed by atoms with E-state index in [0.717, 1.165) is 25.9 Å². The van der Waals surface area contributed by atoms with Crippen molar-refractivity contribution in [1.29, 1.82) is 0 Å². The summed E-state index contributed by atoms with van der Waals surface area (Å²) >= 11 is 0. The highest BCUT2D eigenvalue weighted by molar-refractivity contribution is 6.74. The summed E-state index contributed by atoms with van der Waals surface area (Å²) in [5.74, 6) is -0.297. The van der Waals surface area contributed by atoms with Crippen molar-refractivity contribution in [3.63, 3.8) is 0 Å². The van der Waals surface area contributed by atoms with E-state index < -0.39 is 8.32 Å². The number of hydrogen-bond acceptors (Lipinski definition) is 4. The van der Waals surface area contributed by atoms with Gasteiger partial charge < -0.3 is 14.1 Å². The molecule has 0 radical (unpaired) electrons. The SMILES string of the molecule is COC(=O)c1ccc(C2(O[Si](C)(C)C(C)(C)C)CCN(C)CC2)cc1. The van der Waals surface area contributed by atoms with Gasteiger partial charge in [0.25, 0.3) is 0 Å². The average molecular weight is 364 g/mol. The molecule has 0 saturated carbocycles. The Balaban J connectivity index is 2.37. The molecule has 4 nitrogen and oxygen atoms in total. The van der Waals surface area contributed by atoms with Gasteiger partial charge in [-0.1, -0.05) is 32.9 Å². The van der Waals surface area contributed by atoms with E-state index in [-0.39, 0.29) is 16.6 Å². The van der Waals surface area contributed by atoms with Crippen LogP contribution in [0.3, 0.4) is 0 Å². The Morgan fingerprint density at radius 1 is 1.12 bits per heavy atom. The number of carbonyl (C=O) groups is 1. The number of esters is 1. The van der Waals surface area contributed by atoms with Crippen LogP contribution in [0.2, 0.25) is 18.1 Å². The van der Waals surface area contributed by atoms with Crippen LogP contribution in [0.5, 0.6) is 0 Å². The Morgan fingerprint density at radius 3 is 2.08 bits per heavy atom. The fourth-order valence-electron chi connectivity index (χ4n) is 3.10. The van der Waals surface area contributed by atoms with Crippen LogP contribution in [0.1, 0.15) is 49.5 Å². The number of methoxy groups -OCH3 is 1. The number of nitrogens with zero attached hydrogens (tertiary/aromatic N) is 1. The van der Waals surface area contributed by atoms with Crippen molar-refractivity contribution in [2.75, 3.05) is 27.2 Å². The van der Waals surface area contributed by atoms with Gasteiger partial charge in [-0.3, -0.25) is 0 Å². The van der Waals surface area contributed by atoms with Crippen LogP contribution in [-0.4, -0.2) is 46.4 Å². The Bertz CT molecular complexity index is 596. The summed E-state index contributed by atoms with van der Waals surface area (Å²) in [7, 11) is 1.65. The van der Waals surface area contributed by atoms with E-state index in [2.05, 4.69) is 45.8 Å². The number of ether oxygens (including phenoxy) is 1. The van der Waals surface area contributed by atoms with Crippen molar-refractivity contribution in [2.45, 2.75) is 57.3 Å². The van der Waals surface area contributed by atoms with Crippen molar-refractivity contribution < 1.29 is 14.0 Å². The molecule has 2 rings (SSSR count). The molecule has 0 aromatic heterocycles. The van der Waals surface area contributed by atoms with Gasteiger partial charge in [0, 0.05) is 13.1 Å². The topological polar surface area (TPSA) is 38.8 Å². The molecule has 1 aromatic carbocycles. The van der Waals surface area contributed by atoms with Crippen LogP contribution in [0, 0.1) is 0 Å². The highest BCUT2D eigenvalue weighted by Crippen LogP contribution is 2.45. The normalized spacial score (nSPS) is 18.8. The number of hydrogen-bond donors (Lipinski definition) is 0. The number of benzene rings is 1. The van der Waals surface area contributed by atoms with Crippen molar-refractivity contribution in [2.24, 2.45) is 0 Å². The van der Waals surface area contributed by atoms with E-state index in [1.807, 2.05) is 24.3 Å². The Hall–Kier alpha value is -1.17. The van der Waals surface area contributed by atoms with Crippen LogP contribution in [-0.2, 0) is 14.8 Å². The molecule has 0 spiro atoms. The molecule has 1 saturated heterocycles. The van der Waals surface area contributed by atoms with Crippen LogP contribution in [0.4, 0.5) is 0 Å². The molecule has 0 bridgehead atoms. The maximum atomic E-state index is 11.7. The standard InChI is InChI=1S/C20H33NO3Si/c1-19(2,3)25(6,7)24-20(12-14-21(4)15-13-20)17-10-8-16(9-11-17)18(22)23-5/h8-11H,12-15H2,1-7H3. The lowest BCUT2D eigenvalue weighted by Crippen LogP contribution is -2.52. The second-order valence-corrected chi connectivity index (χ2v) is 13.5. The summed E-state index contributed by atoms with van der Waals surface area (Å²) in [5, 5.41) is 0.162. The summed E-state index contributed by atoms with van der Waals surface area (Å²) in [5.41, 5.74) is 1.50. The zero-order valence-electron chi connectivity index (χ0n) is 16.8. The minimum absolute atomic E-state index is 0.162. The maximum absolute atomic E-state index is 11.7.